The molecule has 0 aliphatic heterocycles. The molecule has 0 radical (unpaired) electrons. The number of carbonyl (C=O) groups is 4. The lowest BCUT2D eigenvalue weighted by Crippen LogP contribution is -2.59. The van der Waals surface area contributed by atoms with Gasteiger partial charge in [0.25, 0.3) is 0 Å². The maximum atomic E-state index is 13.8. The Morgan fingerprint density at radius 1 is 0.930 bits per heavy atom. The minimum atomic E-state index is -1.78. The van der Waals surface area contributed by atoms with Crippen molar-refractivity contribution in [2.24, 2.45) is 41.2 Å². The number of hydrogen-bond acceptors (Lipinski definition) is 11. The fourth-order valence-electron chi connectivity index (χ4n) is 6.96. The first-order valence-electron chi connectivity index (χ1n) is 14.7. The first-order valence-corrected chi connectivity index (χ1v) is 15.6. The lowest BCUT2D eigenvalue weighted by molar-refractivity contribution is -0.176. The standard InChI is InChI=1S/C30H38FNO9S.ClH/c1-16-12-19(10-11-21(16)31)42-13-20-25(33)22-23(28(36)40-14-38-26(34)17-6-2-3-7-17)24(22)30(20,32)29(37)41-15-39-27(35)18-8-4-5-9-18;/h10-12,17-18,20,22-25,33H,2-9,13-15,32H2,1H3;1H/t20-,22+,23+,24+,25-,30+;/m1./s1. The van der Waals surface area contributed by atoms with Gasteiger partial charge in [-0.2, -0.15) is 0 Å². The summed E-state index contributed by atoms with van der Waals surface area (Å²) in [6, 6.07) is 4.60. The molecule has 238 valence electrons. The van der Waals surface area contributed by atoms with Crippen molar-refractivity contribution < 1.29 is 47.6 Å². The topological polar surface area (TPSA) is 151 Å². The second kappa shape index (κ2) is 14.1. The number of thioether (sulfide) groups is 1. The summed E-state index contributed by atoms with van der Waals surface area (Å²) >= 11 is 1.30. The molecule has 13 heteroatoms. The predicted molar refractivity (Wildman–Crippen MR) is 154 cm³/mol. The molecule has 0 aromatic heterocycles. The maximum absolute atomic E-state index is 13.8. The van der Waals surface area contributed by atoms with Crippen LogP contribution in [-0.4, -0.2) is 60.0 Å². The Hall–Kier alpha value is -2.41. The van der Waals surface area contributed by atoms with Gasteiger partial charge in [0.05, 0.1) is 23.9 Å². The Bertz CT molecular complexity index is 1210. The molecule has 4 aliphatic rings. The average Bonchev–Trinajstić information content (AvgIpc) is 3.33. The molecule has 3 N–H and O–H groups in total. The SMILES string of the molecule is Cc1cc(SC[C@@H]2[C@@H](O)[C@H]3[C@H](C(=O)OCOC(=O)C4CCCC4)[C@H]3[C@]2(N)C(=O)OCOC(=O)C2CCCC2)ccc1F.Cl. The Kier molecular flexibility index (Phi) is 11.0. The second-order valence-corrected chi connectivity index (χ2v) is 13.0. The predicted octanol–water partition coefficient (Wildman–Crippen LogP) is 3.67. The Balaban J connectivity index is 0.00000423. The molecule has 43 heavy (non-hydrogen) atoms. The molecule has 5 rings (SSSR count). The van der Waals surface area contributed by atoms with Gasteiger partial charge in [-0.15, -0.1) is 24.2 Å². The van der Waals surface area contributed by atoms with E-state index in [4.69, 9.17) is 24.7 Å². The minimum absolute atomic E-state index is 0. The van der Waals surface area contributed by atoms with Crippen LogP contribution in [-0.2, 0) is 38.1 Å². The van der Waals surface area contributed by atoms with Gasteiger partial charge >= 0.3 is 23.9 Å². The van der Waals surface area contributed by atoms with E-state index in [0.29, 0.717) is 5.56 Å². The summed E-state index contributed by atoms with van der Waals surface area (Å²) in [5, 5.41) is 11.3. The summed E-state index contributed by atoms with van der Waals surface area (Å²) in [6.45, 7) is 0.462. The number of ether oxygens (including phenoxy) is 4. The highest BCUT2D eigenvalue weighted by atomic mass is 35.5. The van der Waals surface area contributed by atoms with Gasteiger partial charge in [-0.3, -0.25) is 14.4 Å². The normalized spacial score (nSPS) is 29.8. The van der Waals surface area contributed by atoms with Crippen LogP contribution in [0.1, 0.15) is 56.9 Å². The van der Waals surface area contributed by atoms with Gasteiger partial charge in [-0.05, 0) is 56.4 Å². The minimum Gasteiger partial charge on any atom is -0.428 e. The molecule has 4 aliphatic carbocycles. The lowest BCUT2D eigenvalue weighted by atomic mass is 9.81. The van der Waals surface area contributed by atoms with Crippen molar-refractivity contribution >= 4 is 48.0 Å². The van der Waals surface area contributed by atoms with E-state index in [1.807, 2.05) is 0 Å². The average molecular weight is 644 g/mol. The molecule has 0 unspecified atom stereocenters. The van der Waals surface area contributed by atoms with Gasteiger partial charge in [0.15, 0.2) is 0 Å². The van der Waals surface area contributed by atoms with Gasteiger partial charge in [-0.25, -0.2) is 9.18 Å². The quantitative estimate of drug-likeness (QED) is 0.206. The number of rotatable bonds is 11. The van der Waals surface area contributed by atoms with Gasteiger partial charge in [0, 0.05) is 28.4 Å². The van der Waals surface area contributed by atoms with E-state index in [9.17, 15) is 28.7 Å². The van der Waals surface area contributed by atoms with Crippen molar-refractivity contribution in [3.63, 3.8) is 0 Å². The summed E-state index contributed by atoms with van der Waals surface area (Å²) in [5.74, 6) is -6.19. The number of aliphatic hydroxyl groups excluding tert-OH is 1. The first-order chi connectivity index (χ1) is 20.1. The molecule has 0 amide bonds. The van der Waals surface area contributed by atoms with Crippen LogP contribution in [0.2, 0.25) is 0 Å². The van der Waals surface area contributed by atoms with Crippen molar-refractivity contribution in [1.29, 1.82) is 0 Å². The molecule has 4 saturated carbocycles. The number of aryl methyl sites for hydroxylation is 1. The Labute approximate surface area is 260 Å². The van der Waals surface area contributed by atoms with Gasteiger partial charge in [-0.1, -0.05) is 25.7 Å². The van der Waals surface area contributed by atoms with Crippen LogP contribution in [0, 0.1) is 48.2 Å². The fraction of sp³-hybridized carbons (Fsp3) is 0.667. The van der Waals surface area contributed by atoms with Crippen LogP contribution in [0.25, 0.3) is 0 Å². The highest BCUT2D eigenvalue weighted by Gasteiger charge is 2.78. The fourth-order valence-corrected chi connectivity index (χ4v) is 8.23. The summed E-state index contributed by atoms with van der Waals surface area (Å²) in [6.07, 6.45) is 5.60. The molecule has 0 bridgehead atoms. The second-order valence-electron chi connectivity index (χ2n) is 11.9. The lowest BCUT2D eigenvalue weighted by Gasteiger charge is -2.34. The van der Waals surface area contributed by atoms with Gasteiger partial charge in [0.2, 0.25) is 13.6 Å². The third-order valence-corrected chi connectivity index (χ3v) is 10.5. The number of esters is 4. The third kappa shape index (κ3) is 6.97. The number of fused-ring (bicyclic) bond motifs is 1. The van der Waals surface area contributed by atoms with Crippen LogP contribution in [0.15, 0.2) is 23.1 Å². The van der Waals surface area contributed by atoms with E-state index in [0.717, 1.165) is 56.3 Å². The first kappa shape index (κ1) is 33.5. The molecule has 6 atom stereocenters. The van der Waals surface area contributed by atoms with Crippen molar-refractivity contribution in [1.82, 2.24) is 0 Å². The van der Waals surface area contributed by atoms with Crippen LogP contribution in [0.4, 0.5) is 4.39 Å². The summed E-state index contributed by atoms with van der Waals surface area (Å²) in [5.41, 5.74) is 5.40. The van der Waals surface area contributed by atoms with E-state index in [1.165, 1.54) is 17.8 Å². The maximum Gasteiger partial charge on any atom is 0.329 e. The number of benzene rings is 1. The van der Waals surface area contributed by atoms with Crippen molar-refractivity contribution in [2.75, 3.05) is 19.3 Å². The molecule has 10 nitrogen and oxygen atoms in total. The molecule has 0 saturated heterocycles. The number of aliphatic hydroxyl groups is 1. The molecule has 0 spiro atoms. The number of halogens is 2. The zero-order chi connectivity index (χ0) is 30.0. The molecule has 1 aromatic carbocycles. The molecule has 1 aromatic rings. The van der Waals surface area contributed by atoms with Crippen LogP contribution in [0.5, 0.6) is 0 Å². The highest BCUT2D eigenvalue weighted by Crippen LogP contribution is 2.64. The number of carbonyl (C=O) groups excluding carboxylic acids is 4. The van der Waals surface area contributed by atoms with E-state index >= 15 is 0 Å². The van der Waals surface area contributed by atoms with Gasteiger partial charge < -0.3 is 29.8 Å². The van der Waals surface area contributed by atoms with E-state index < -0.39 is 72.8 Å². The van der Waals surface area contributed by atoms with E-state index in [-0.39, 0.29) is 35.8 Å². The van der Waals surface area contributed by atoms with Crippen LogP contribution in [0.3, 0.4) is 0 Å². The van der Waals surface area contributed by atoms with E-state index in [1.54, 1.807) is 19.1 Å². The highest BCUT2D eigenvalue weighted by molar-refractivity contribution is 7.99. The van der Waals surface area contributed by atoms with Crippen molar-refractivity contribution in [3.8, 4) is 0 Å². The van der Waals surface area contributed by atoms with Crippen molar-refractivity contribution in [3.05, 3.63) is 29.6 Å². The van der Waals surface area contributed by atoms with Crippen LogP contribution >= 0.6 is 24.2 Å². The zero-order valence-electron chi connectivity index (χ0n) is 24.0. The summed E-state index contributed by atoms with van der Waals surface area (Å²) in [7, 11) is 0. The number of hydrogen-bond donors (Lipinski definition) is 2. The van der Waals surface area contributed by atoms with Crippen molar-refractivity contribution in [2.45, 2.75) is 74.8 Å². The smallest absolute Gasteiger partial charge is 0.329 e. The molecule has 0 heterocycles. The third-order valence-electron chi connectivity index (χ3n) is 9.40. The molecular weight excluding hydrogens is 605 g/mol. The summed E-state index contributed by atoms with van der Waals surface area (Å²) < 4.78 is 34.6. The Morgan fingerprint density at radius 3 is 2.02 bits per heavy atom. The summed E-state index contributed by atoms with van der Waals surface area (Å²) in [4.78, 5) is 51.6. The monoisotopic (exact) mass is 643 g/mol. The number of nitrogens with two attached hydrogens (primary N) is 1. The van der Waals surface area contributed by atoms with Gasteiger partial charge in [0.1, 0.15) is 11.4 Å². The molecular formula is C30H39ClFNO9S. The van der Waals surface area contributed by atoms with Crippen LogP contribution < -0.4 is 5.73 Å². The largest absolute Gasteiger partial charge is 0.428 e. The Morgan fingerprint density at radius 2 is 1.47 bits per heavy atom. The molecule has 4 fully saturated rings. The zero-order valence-corrected chi connectivity index (χ0v) is 25.7. The van der Waals surface area contributed by atoms with E-state index in [2.05, 4.69) is 0 Å².